The van der Waals surface area contributed by atoms with Crippen molar-refractivity contribution in [3.05, 3.63) is 65.1 Å². The molecule has 0 unspecified atom stereocenters. The molecule has 3 aromatic rings. The Balaban J connectivity index is 1.73. The Hall–Kier alpha value is -2.81. The molecule has 0 amide bonds. The van der Waals surface area contributed by atoms with E-state index < -0.39 is 26.9 Å². The molecule has 2 aliphatic rings. The number of rotatable bonds is 3. The zero-order chi connectivity index (χ0) is 22.2. The molecule has 6 nitrogen and oxygen atoms in total. The molecular formula is C22H20F2N4O2S. The highest BCUT2D eigenvalue weighted by Gasteiger charge is 2.65. The molecule has 9 heteroatoms. The van der Waals surface area contributed by atoms with E-state index in [1.54, 1.807) is 12.1 Å². The van der Waals surface area contributed by atoms with Gasteiger partial charge in [-0.05, 0) is 54.0 Å². The van der Waals surface area contributed by atoms with Crippen LogP contribution >= 0.6 is 0 Å². The molecule has 0 aliphatic heterocycles. The second-order valence-electron chi connectivity index (χ2n) is 8.85. The van der Waals surface area contributed by atoms with Crippen LogP contribution in [-0.2, 0) is 15.3 Å². The molecule has 0 spiro atoms. The molecule has 1 fully saturated rings. The number of benzene rings is 1. The summed E-state index contributed by atoms with van der Waals surface area (Å²) >= 11 is 0. The highest BCUT2D eigenvalue weighted by Crippen LogP contribution is 2.69. The lowest BCUT2D eigenvalue weighted by molar-refractivity contribution is 0.241. The quantitative estimate of drug-likeness (QED) is 0.574. The SMILES string of the molecule is CC1(C)[C@H]2CC[C@]1(c1ccnc(S(C)(=O)=O)n1)c1nnc(-c3c(F)cccc3F)cc12. The molecule has 0 N–H and O–H groups in total. The van der Waals surface area contributed by atoms with Gasteiger partial charge in [0.1, 0.15) is 11.6 Å². The summed E-state index contributed by atoms with van der Waals surface area (Å²) in [5.41, 5.74) is 1.08. The molecule has 31 heavy (non-hydrogen) atoms. The van der Waals surface area contributed by atoms with E-state index in [1.165, 1.54) is 24.4 Å². The minimum Gasteiger partial charge on any atom is -0.227 e. The number of halogens is 2. The largest absolute Gasteiger partial charge is 0.247 e. The molecule has 2 aliphatic carbocycles. The number of sulfone groups is 1. The van der Waals surface area contributed by atoms with Crippen LogP contribution in [0.2, 0.25) is 0 Å². The normalized spacial score (nSPS) is 23.7. The van der Waals surface area contributed by atoms with E-state index in [2.05, 4.69) is 34.0 Å². The second-order valence-corrected chi connectivity index (χ2v) is 10.8. The van der Waals surface area contributed by atoms with Gasteiger partial charge in [-0.1, -0.05) is 19.9 Å². The zero-order valence-corrected chi connectivity index (χ0v) is 18.0. The van der Waals surface area contributed by atoms with Crippen molar-refractivity contribution in [1.82, 2.24) is 20.2 Å². The summed E-state index contributed by atoms with van der Waals surface area (Å²) in [7, 11) is -3.58. The van der Waals surface area contributed by atoms with Crippen molar-refractivity contribution in [2.24, 2.45) is 5.41 Å². The van der Waals surface area contributed by atoms with E-state index in [4.69, 9.17) is 0 Å². The molecule has 0 saturated heterocycles. The van der Waals surface area contributed by atoms with Crippen molar-refractivity contribution in [3.8, 4) is 11.3 Å². The van der Waals surface area contributed by atoms with Gasteiger partial charge in [0.05, 0.1) is 28.1 Å². The smallest absolute Gasteiger partial charge is 0.227 e. The molecular weight excluding hydrogens is 422 g/mol. The van der Waals surface area contributed by atoms with Crippen LogP contribution in [0.5, 0.6) is 0 Å². The van der Waals surface area contributed by atoms with Gasteiger partial charge in [-0.15, -0.1) is 5.10 Å². The van der Waals surface area contributed by atoms with Crippen molar-refractivity contribution in [2.45, 2.75) is 43.2 Å². The number of hydrogen-bond donors (Lipinski definition) is 0. The molecule has 5 rings (SSSR count). The number of aromatic nitrogens is 4. The second kappa shape index (κ2) is 6.35. The van der Waals surface area contributed by atoms with Crippen molar-refractivity contribution >= 4 is 9.84 Å². The van der Waals surface area contributed by atoms with Gasteiger partial charge in [0.2, 0.25) is 15.0 Å². The van der Waals surface area contributed by atoms with Crippen LogP contribution in [-0.4, -0.2) is 34.8 Å². The van der Waals surface area contributed by atoms with Gasteiger partial charge in [-0.3, -0.25) is 0 Å². The van der Waals surface area contributed by atoms with Crippen molar-refractivity contribution in [2.75, 3.05) is 6.26 Å². The average molecular weight is 442 g/mol. The van der Waals surface area contributed by atoms with Gasteiger partial charge < -0.3 is 0 Å². The number of fused-ring (bicyclic) bond motifs is 5. The molecule has 2 bridgehead atoms. The van der Waals surface area contributed by atoms with Gasteiger partial charge in [0.25, 0.3) is 0 Å². The van der Waals surface area contributed by atoms with E-state index in [0.717, 1.165) is 24.7 Å². The lowest BCUT2D eigenvalue weighted by Gasteiger charge is -2.37. The minimum absolute atomic E-state index is 0.0724. The molecule has 2 aromatic heterocycles. The van der Waals surface area contributed by atoms with Crippen LogP contribution in [0.1, 0.15) is 49.6 Å². The van der Waals surface area contributed by atoms with E-state index in [9.17, 15) is 17.2 Å². The summed E-state index contributed by atoms with van der Waals surface area (Å²) in [4.78, 5) is 8.33. The van der Waals surface area contributed by atoms with Crippen molar-refractivity contribution in [3.63, 3.8) is 0 Å². The van der Waals surface area contributed by atoms with Crippen molar-refractivity contribution in [1.29, 1.82) is 0 Å². The van der Waals surface area contributed by atoms with Crippen molar-refractivity contribution < 1.29 is 17.2 Å². The summed E-state index contributed by atoms with van der Waals surface area (Å²) in [5, 5.41) is 8.39. The lowest BCUT2D eigenvalue weighted by atomic mass is 9.66. The first-order valence-electron chi connectivity index (χ1n) is 9.93. The summed E-state index contributed by atoms with van der Waals surface area (Å²) in [5.74, 6) is -1.32. The van der Waals surface area contributed by atoms with Crippen LogP contribution in [0, 0.1) is 17.0 Å². The fourth-order valence-corrected chi connectivity index (χ4v) is 6.03. The standard InChI is InChI=1S/C22H20F2N4O2S/c1-21(2)13-7-9-22(21,17-8-10-25-20(26-17)31(3,29)30)19-12(13)11-16(27-28-19)18-14(23)5-4-6-15(18)24/h4-6,8,10-11,13H,7,9H2,1-3H3/t13-,22-/m0/s1. The van der Waals surface area contributed by atoms with Crippen LogP contribution < -0.4 is 0 Å². The van der Waals surface area contributed by atoms with Crippen LogP contribution in [0.15, 0.2) is 41.7 Å². The third-order valence-corrected chi connectivity index (χ3v) is 7.86. The van der Waals surface area contributed by atoms with Crippen LogP contribution in [0.25, 0.3) is 11.3 Å². The molecule has 1 saturated carbocycles. The summed E-state index contributed by atoms with van der Waals surface area (Å²) < 4.78 is 52.8. The molecule has 2 heterocycles. The van der Waals surface area contributed by atoms with E-state index in [0.29, 0.717) is 11.4 Å². The summed E-state index contributed by atoms with van der Waals surface area (Å²) in [6, 6.07) is 7.14. The fourth-order valence-electron chi connectivity index (χ4n) is 5.51. The average Bonchev–Trinajstić information content (AvgIpc) is 3.09. The van der Waals surface area contributed by atoms with E-state index in [-0.39, 0.29) is 27.7 Å². The molecule has 1 aromatic carbocycles. The Bertz CT molecular complexity index is 1320. The molecule has 2 atom stereocenters. The van der Waals surface area contributed by atoms with Gasteiger partial charge in [-0.25, -0.2) is 27.2 Å². The van der Waals surface area contributed by atoms with Gasteiger partial charge in [-0.2, -0.15) is 5.10 Å². The minimum atomic E-state index is -3.58. The number of hydrogen-bond acceptors (Lipinski definition) is 6. The van der Waals surface area contributed by atoms with Gasteiger partial charge >= 0.3 is 0 Å². The third-order valence-electron chi connectivity index (χ3n) is 7.00. The fraction of sp³-hybridized carbons (Fsp3) is 0.364. The highest BCUT2D eigenvalue weighted by atomic mass is 32.2. The van der Waals surface area contributed by atoms with Gasteiger partial charge in [0.15, 0.2) is 0 Å². The zero-order valence-electron chi connectivity index (χ0n) is 17.2. The number of nitrogens with zero attached hydrogens (tertiary/aromatic N) is 4. The maximum absolute atomic E-state index is 14.3. The maximum Gasteiger partial charge on any atom is 0.247 e. The summed E-state index contributed by atoms with van der Waals surface area (Å²) in [6.45, 7) is 4.19. The highest BCUT2D eigenvalue weighted by molar-refractivity contribution is 7.90. The summed E-state index contributed by atoms with van der Waals surface area (Å²) in [6.07, 6.45) is 4.07. The monoisotopic (exact) mass is 442 g/mol. The lowest BCUT2D eigenvalue weighted by Crippen LogP contribution is -2.38. The Morgan fingerprint density at radius 1 is 1.10 bits per heavy atom. The predicted octanol–water partition coefficient (Wildman–Crippen LogP) is 3.82. The molecule has 0 radical (unpaired) electrons. The maximum atomic E-state index is 14.3. The predicted molar refractivity (Wildman–Crippen MR) is 109 cm³/mol. The topological polar surface area (TPSA) is 85.7 Å². The first-order chi connectivity index (χ1) is 14.6. The van der Waals surface area contributed by atoms with E-state index >= 15 is 0 Å². The van der Waals surface area contributed by atoms with Crippen LogP contribution in [0.3, 0.4) is 0 Å². The Morgan fingerprint density at radius 3 is 2.48 bits per heavy atom. The Morgan fingerprint density at radius 2 is 1.81 bits per heavy atom. The third kappa shape index (κ3) is 2.62. The first kappa shape index (κ1) is 20.1. The van der Waals surface area contributed by atoms with Crippen LogP contribution in [0.4, 0.5) is 8.78 Å². The Kier molecular flexibility index (Phi) is 4.12. The van der Waals surface area contributed by atoms with E-state index in [1.807, 2.05) is 0 Å². The van der Waals surface area contributed by atoms with Gasteiger partial charge in [0, 0.05) is 12.5 Å². The first-order valence-corrected chi connectivity index (χ1v) is 11.8. The Labute approximate surface area is 178 Å². The molecule has 160 valence electrons.